The van der Waals surface area contributed by atoms with Crippen LogP contribution >= 0.6 is 24.0 Å². The standard InChI is InChI=1S/C20H28N8.HI/c1-14(11-18-15(2)26-27(5)16(18)3)25-20(21-4)23-13-17-7-9-22-19(12-17)28-10-6-8-24-28;/h6-10,12,14H,11,13H2,1-5H3,(H2,21,23,25);1H. The van der Waals surface area contributed by atoms with Crippen molar-refractivity contribution in [1.29, 1.82) is 0 Å². The van der Waals surface area contributed by atoms with E-state index in [4.69, 9.17) is 0 Å². The van der Waals surface area contributed by atoms with Crippen molar-refractivity contribution in [2.45, 2.75) is 39.8 Å². The average Bonchev–Trinajstić information content (AvgIpc) is 3.30. The summed E-state index contributed by atoms with van der Waals surface area (Å²) in [6.45, 7) is 6.97. The van der Waals surface area contributed by atoms with E-state index in [0.29, 0.717) is 6.54 Å². The minimum Gasteiger partial charge on any atom is -0.354 e. The monoisotopic (exact) mass is 508 g/mol. The molecule has 0 aromatic carbocycles. The topological polar surface area (TPSA) is 84.9 Å². The van der Waals surface area contributed by atoms with E-state index in [1.54, 1.807) is 24.1 Å². The number of nitrogens with zero attached hydrogens (tertiary/aromatic N) is 6. The number of aliphatic imine (C=N–C) groups is 1. The molecule has 2 N–H and O–H groups in total. The Labute approximate surface area is 188 Å². The van der Waals surface area contributed by atoms with E-state index in [0.717, 1.165) is 29.5 Å². The Hall–Kier alpha value is -2.43. The van der Waals surface area contributed by atoms with E-state index in [9.17, 15) is 0 Å². The van der Waals surface area contributed by atoms with E-state index in [1.165, 1.54) is 11.3 Å². The van der Waals surface area contributed by atoms with Gasteiger partial charge in [0.15, 0.2) is 11.8 Å². The molecule has 8 nitrogen and oxygen atoms in total. The molecule has 0 bridgehead atoms. The van der Waals surface area contributed by atoms with Crippen LogP contribution < -0.4 is 10.6 Å². The first-order valence-electron chi connectivity index (χ1n) is 9.39. The van der Waals surface area contributed by atoms with Crippen LogP contribution in [0.3, 0.4) is 0 Å². The maximum Gasteiger partial charge on any atom is 0.191 e. The second kappa shape index (κ2) is 10.4. The second-order valence-corrected chi connectivity index (χ2v) is 6.92. The average molecular weight is 508 g/mol. The zero-order chi connectivity index (χ0) is 20.1. The number of guanidine groups is 1. The Kier molecular flexibility index (Phi) is 8.18. The molecular formula is C20H29IN8. The molecule has 0 aliphatic heterocycles. The first-order valence-corrected chi connectivity index (χ1v) is 9.39. The van der Waals surface area contributed by atoms with Crippen molar-refractivity contribution in [3.8, 4) is 5.82 Å². The molecule has 0 aliphatic carbocycles. The fourth-order valence-corrected chi connectivity index (χ4v) is 3.18. The molecular weight excluding hydrogens is 479 g/mol. The van der Waals surface area contributed by atoms with Gasteiger partial charge in [-0.05, 0) is 56.5 Å². The maximum atomic E-state index is 4.50. The summed E-state index contributed by atoms with van der Waals surface area (Å²) in [5.74, 6) is 1.56. The molecule has 0 aliphatic rings. The Morgan fingerprint density at radius 3 is 2.69 bits per heavy atom. The molecule has 1 unspecified atom stereocenters. The van der Waals surface area contributed by atoms with E-state index >= 15 is 0 Å². The SMILES string of the molecule is CN=C(NCc1ccnc(-n2cccn2)c1)NC(C)Cc1c(C)nn(C)c1C.I. The number of aryl methyl sites for hydroxylation is 2. The van der Waals surface area contributed by atoms with Gasteiger partial charge in [0.1, 0.15) is 0 Å². The van der Waals surface area contributed by atoms with E-state index in [1.807, 2.05) is 36.1 Å². The van der Waals surface area contributed by atoms with Crippen LogP contribution in [0, 0.1) is 13.8 Å². The molecule has 0 fully saturated rings. The maximum absolute atomic E-state index is 4.50. The van der Waals surface area contributed by atoms with Gasteiger partial charge in [0.05, 0.1) is 5.69 Å². The lowest BCUT2D eigenvalue weighted by atomic mass is 10.1. The van der Waals surface area contributed by atoms with Crippen LogP contribution in [0.4, 0.5) is 0 Å². The van der Waals surface area contributed by atoms with Crippen molar-refractivity contribution in [3.05, 3.63) is 59.3 Å². The zero-order valence-corrected chi connectivity index (χ0v) is 19.9. The Bertz CT molecular complexity index is 946. The van der Waals surface area contributed by atoms with Crippen LogP contribution in [0.15, 0.2) is 41.8 Å². The van der Waals surface area contributed by atoms with Crippen molar-refractivity contribution >= 4 is 29.9 Å². The molecule has 9 heteroatoms. The van der Waals surface area contributed by atoms with Crippen LogP contribution in [0.2, 0.25) is 0 Å². The normalized spacial score (nSPS) is 12.4. The van der Waals surface area contributed by atoms with Crippen molar-refractivity contribution in [3.63, 3.8) is 0 Å². The number of rotatable bonds is 6. The highest BCUT2D eigenvalue weighted by atomic mass is 127. The molecule has 3 heterocycles. The summed E-state index contributed by atoms with van der Waals surface area (Å²) >= 11 is 0. The summed E-state index contributed by atoms with van der Waals surface area (Å²) in [4.78, 5) is 8.71. The highest BCUT2D eigenvalue weighted by Gasteiger charge is 2.14. The predicted molar refractivity (Wildman–Crippen MR) is 126 cm³/mol. The molecule has 0 saturated carbocycles. The summed E-state index contributed by atoms with van der Waals surface area (Å²) in [7, 11) is 3.76. The first-order chi connectivity index (χ1) is 13.5. The zero-order valence-electron chi connectivity index (χ0n) is 17.5. The molecule has 29 heavy (non-hydrogen) atoms. The Balaban J connectivity index is 0.00000300. The highest BCUT2D eigenvalue weighted by Crippen LogP contribution is 2.14. The van der Waals surface area contributed by atoms with Crippen molar-refractivity contribution in [2.24, 2.45) is 12.0 Å². The van der Waals surface area contributed by atoms with Gasteiger partial charge in [-0.25, -0.2) is 9.67 Å². The van der Waals surface area contributed by atoms with Crippen LogP contribution in [0.25, 0.3) is 5.82 Å². The van der Waals surface area contributed by atoms with Gasteiger partial charge in [0, 0.05) is 51.0 Å². The number of hydrogen-bond acceptors (Lipinski definition) is 4. The minimum absolute atomic E-state index is 0. The lowest BCUT2D eigenvalue weighted by molar-refractivity contribution is 0.635. The highest BCUT2D eigenvalue weighted by molar-refractivity contribution is 14.0. The van der Waals surface area contributed by atoms with Crippen molar-refractivity contribution < 1.29 is 0 Å². The fourth-order valence-electron chi connectivity index (χ4n) is 3.18. The van der Waals surface area contributed by atoms with Crippen LogP contribution in [-0.4, -0.2) is 43.6 Å². The molecule has 156 valence electrons. The third kappa shape index (κ3) is 5.78. The quantitative estimate of drug-likeness (QED) is 0.304. The molecule has 0 spiro atoms. The molecule has 0 amide bonds. The third-order valence-corrected chi connectivity index (χ3v) is 4.78. The number of hydrogen-bond donors (Lipinski definition) is 2. The van der Waals surface area contributed by atoms with Gasteiger partial charge in [0.2, 0.25) is 0 Å². The lowest BCUT2D eigenvalue weighted by Gasteiger charge is -2.18. The van der Waals surface area contributed by atoms with Crippen molar-refractivity contribution in [2.75, 3.05) is 7.05 Å². The summed E-state index contributed by atoms with van der Waals surface area (Å²) in [6.07, 6.45) is 6.31. The van der Waals surface area contributed by atoms with Gasteiger partial charge >= 0.3 is 0 Å². The molecule has 3 rings (SSSR count). The van der Waals surface area contributed by atoms with Crippen LogP contribution in [-0.2, 0) is 20.0 Å². The molecule has 1 atom stereocenters. The molecule has 0 radical (unpaired) electrons. The predicted octanol–water partition coefficient (Wildman–Crippen LogP) is 2.53. The minimum atomic E-state index is 0. The Morgan fingerprint density at radius 2 is 2.07 bits per heavy atom. The van der Waals surface area contributed by atoms with Gasteiger partial charge in [-0.1, -0.05) is 0 Å². The number of nitrogens with one attached hydrogen (secondary N) is 2. The summed E-state index contributed by atoms with van der Waals surface area (Å²) in [6, 6.07) is 6.11. The van der Waals surface area contributed by atoms with Gasteiger partial charge in [-0.2, -0.15) is 10.2 Å². The van der Waals surface area contributed by atoms with E-state index in [2.05, 4.69) is 51.6 Å². The Morgan fingerprint density at radius 1 is 1.28 bits per heavy atom. The van der Waals surface area contributed by atoms with Gasteiger partial charge in [0.25, 0.3) is 0 Å². The molecule has 3 aromatic heterocycles. The van der Waals surface area contributed by atoms with E-state index < -0.39 is 0 Å². The lowest BCUT2D eigenvalue weighted by Crippen LogP contribution is -2.42. The number of pyridine rings is 1. The largest absolute Gasteiger partial charge is 0.354 e. The van der Waals surface area contributed by atoms with Gasteiger partial charge < -0.3 is 10.6 Å². The van der Waals surface area contributed by atoms with Gasteiger partial charge in [-0.15, -0.1) is 24.0 Å². The second-order valence-electron chi connectivity index (χ2n) is 6.92. The first kappa shape index (κ1) is 22.9. The van der Waals surface area contributed by atoms with Crippen molar-refractivity contribution in [1.82, 2.24) is 35.2 Å². The van der Waals surface area contributed by atoms with Crippen LogP contribution in [0.1, 0.15) is 29.4 Å². The van der Waals surface area contributed by atoms with E-state index in [-0.39, 0.29) is 30.0 Å². The van der Waals surface area contributed by atoms with Gasteiger partial charge in [-0.3, -0.25) is 9.67 Å². The summed E-state index contributed by atoms with van der Waals surface area (Å²) in [5, 5.41) is 15.6. The summed E-state index contributed by atoms with van der Waals surface area (Å²) < 4.78 is 3.68. The smallest absolute Gasteiger partial charge is 0.191 e. The van der Waals surface area contributed by atoms with Crippen LogP contribution in [0.5, 0.6) is 0 Å². The number of halogens is 1. The molecule has 3 aromatic rings. The summed E-state index contributed by atoms with van der Waals surface area (Å²) in [5.41, 5.74) is 4.68. The third-order valence-electron chi connectivity index (χ3n) is 4.78. The fraction of sp³-hybridized carbons (Fsp3) is 0.400. The number of aromatic nitrogens is 5. The molecule has 0 saturated heterocycles.